The molecule has 0 spiro atoms. The lowest BCUT2D eigenvalue weighted by Gasteiger charge is -2.31. The van der Waals surface area contributed by atoms with Gasteiger partial charge in [0.1, 0.15) is 5.76 Å². The number of piperidine rings is 1. The zero-order valence-corrected chi connectivity index (χ0v) is 14.0. The second kappa shape index (κ2) is 7.27. The fourth-order valence-electron chi connectivity index (χ4n) is 3.21. The Morgan fingerprint density at radius 3 is 2.78 bits per heavy atom. The minimum atomic E-state index is 0.135. The third-order valence-electron chi connectivity index (χ3n) is 4.57. The fraction of sp³-hybridized carbons (Fsp3) is 0.647. The summed E-state index contributed by atoms with van der Waals surface area (Å²) in [5.41, 5.74) is 1.25. The van der Waals surface area contributed by atoms with Gasteiger partial charge in [0.05, 0.1) is 25.9 Å². The first-order chi connectivity index (χ1) is 11.2. The molecule has 23 heavy (non-hydrogen) atoms. The van der Waals surface area contributed by atoms with Crippen LogP contribution in [0.5, 0.6) is 0 Å². The Morgan fingerprint density at radius 1 is 1.35 bits per heavy atom. The molecule has 0 unspecified atom stereocenters. The average Bonchev–Trinajstić information content (AvgIpc) is 3.18. The zero-order chi connectivity index (χ0) is 16.2. The summed E-state index contributed by atoms with van der Waals surface area (Å²) in [6.45, 7) is 7.81. The number of nitrogens with zero attached hydrogens (tertiary/aromatic N) is 4. The van der Waals surface area contributed by atoms with Crippen LogP contribution in [0.2, 0.25) is 0 Å². The lowest BCUT2D eigenvalue weighted by atomic mass is 9.93. The number of rotatable bonds is 6. The molecule has 0 atom stereocenters. The van der Waals surface area contributed by atoms with E-state index in [-0.39, 0.29) is 6.61 Å². The number of likely N-dealkylation sites (tertiary alicyclic amines) is 1. The number of oxazole rings is 1. The van der Waals surface area contributed by atoms with Gasteiger partial charge in [-0.25, -0.2) is 4.98 Å². The standard InChI is InChI=1S/C17H26N4O2/c1-13(2)16-11-18-17(23-16)12-20-7-4-14(5-8-20)15-3-6-19-21(15)9-10-22/h3,6,11,13-14,22H,4-5,7-10,12H2,1-2H3. The van der Waals surface area contributed by atoms with Crippen molar-refractivity contribution in [2.24, 2.45) is 0 Å². The molecule has 0 bridgehead atoms. The van der Waals surface area contributed by atoms with Crippen LogP contribution in [0.3, 0.4) is 0 Å². The van der Waals surface area contributed by atoms with Crippen LogP contribution in [0.4, 0.5) is 0 Å². The minimum Gasteiger partial charge on any atom is -0.444 e. The lowest BCUT2D eigenvalue weighted by Crippen LogP contribution is -2.33. The van der Waals surface area contributed by atoms with Gasteiger partial charge in [-0.2, -0.15) is 5.10 Å². The molecule has 0 saturated carbocycles. The van der Waals surface area contributed by atoms with Gasteiger partial charge in [-0.3, -0.25) is 9.58 Å². The van der Waals surface area contributed by atoms with Crippen LogP contribution in [-0.4, -0.2) is 44.5 Å². The molecule has 0 aliphatic carbocycles. The molecule has 1 fully saturated rings. The van der Waals surface area contributed by atoms with Crippen molar-refractivity contribution in [1.29, 1.82) is 0 Å². The molecular formula is C17H26N4O2. The van der Waals surface area contributed by atoms with E-state index in [1.165, 1.54) is 5.69 Å². The summed E-state index contributed by atoms with van der Waals surface area (Å²) in [7, 11) is 0. The summed E-state index contributed by atoms with van der Waals surface area (Å²) in [5.74, 6) is 2.69. The molecule has 0 amide bonds. The highest BCUT2D eigenvalue weighted by atomic mass is 16.4. The van der Waals surface area contributed by atoms with Crippen molar-refractivity contribution in [2.45, 2.75) is 51.6 Å². The molecule has 2 aromatic rings. The highest BCUT2D eigenvalue weighted by Crippen LogP contribution is 2.28. The summed E-state index contributed by atoms with van der Waals surface area (Å²) in [4.78, 5) is 6.79. The molecule has 126 valence electrons. The van der Waals surface area contributed by atoms with Gasteiger partial charge in [-0.15, -0.1) is 0 Å². The van der Waals surface area contributed by atoms with E-state index < -0.39 is 0 Å². The van der Waals surface area contributed by atoms with Gasteiger partial charge in [-0.1, -0.05) is 13.8 Å². The Balaban J connectivity index is 1.54. The molecule has 0 aromatic carbocycles. The van der Waals surface area contributed by atoms with Crippen molar-refractivity contribution in [1.82, 2.24) is 19.7 Å². The third-order valence-corrected chi connectivity index (χ3v) is 4.57. The van der Waals surface area contributed by atoms with Gasteiger partial charge < -0.3 is 9.52 Å². The van der Waals surface area contributed by atoms with Crippen molar-refractivity contribution in [3.8, 4) is 0 Å². The minimum absolute atomic E-state index is 0.135. The summed E-state index contributed by atoms with van der Waals surface area (Å²) < 4.78 is 7.74. The maximum absolute atomic E-state index is 9.12. The van der Waals surface area contributed by atoms with Crippen molar-refractivity contribution in [2.75, 3.05) is 19.7 Å². The third kappa shape index (κ3) is 3.82. The van der Waals surface area contributed by atoms with E-state index in [1.807, 2.05) is 17.1 Å². The Labute approximate surface area is 137 Å². The van der Waals surface area contributed by atoms with E-state index in [0.29, 0.717) is 18.4 Å². The number of aliphatic hydroxyl groups is 1. The van der Waals surface area contributed by atoms with Gasteiger partial charge in [0.15, 0.2) is 0 Å². The quantitative estimate of drug-likeness (QED) is 0.885. The summed E-state index contributed by atoms with van der Waals surface area (Å²) >= 11 is 0. The monoisotopic (exact) mass is 318 g/mol. The number of hydrogen-bond donors (Lipinski definition) is 1. The predicted molar refractivity (Wildman–Crippen MR) is 87.2 cm³/mol. The summed E-state index contributed by atoms with van der Waals surface area (Å²) in [6, 6.07) is 2.08. The van der Waals surface area contributed by atoms with E-state index >= 15 is 0 Å². The van der Waals surface area contributed by atoms with Crippen molar-refractivity contribution >= 4 is 0 Å². The Kier molecular flexibility index (Phi) is 5.13. The lowest BCUT2D eigenvalue weighted by molar-refractivity contribution is 0.181. The molecular weight excluding hydrogens is 292 g/mol. The van der Waals surface area contributed by atoms with Crippen molar-refractivity contribution in [3.63, 3.8) is 0 Å². The van der Waals surface area contributed by atoms with Crippen LogP contribution in [0.25, 0.3) is 0 Å². The molecule has 1 aliphatic heterocycles. The van der Waals surface area contributed by atoms with E-state index in [0.717, 1.165) is 44.1 Å². The van der Waals surface area contributed by atoms with Gasteiger partial charge in [0, 0.05) is 23.7 Å². The van der Waals surface area contributed by atoms with Gasteiger partial charge in [0.2, 0.25) is 5.89 Å². The zero-order valence-electron chi connectivity index (χ0n) is 14.0. The SMILES string of the molecule is CC(C)c1cnc(CN2CCC(c3ccnn3CCO)CC2)o1. The summed E-state index contributed by atoms with van der Waals surface area (Å²) in [5, 5.41) is 13.4. The first-order valence-corrected chi connectivity index (χ1v) is 8.47. The van der Waals surface area contributed by atoms with E-state index in [9.17, 15) is 0 Å². The molecule has 6 nitrogen and oxygen atoms in total. The second-order valence-corrected chi connectivity index (χ2v) is 6.56. The Bertz CT molecular complexity index is 612. The Hall–Kier alpha value is -1.66. The molecule has 3 heterocycles. The van der Waals surface area contributed by atoms with Crippen molar-refractivity contribution < 1.29 is 9.52 Å². The molecule has 1 saturated heterocycles. The second-order valence-electron chi connectivity index (χ2n) is 6.56. The number of hydrogen-bond acceptors (Lipinski definition) is 5. The average molecular weight is 318 g/mol. The van der Waals surface area contributed by atoms with Crippen LogP contribution >= 0.6 is 0 Å². The van der Waals surface area contributed by atoms with E-state index in [1.54, 1.807) is 0 Å². The van der Waals surface area contributed by atoms with Crippen LogP contribution in [0, 0.1) is 0 Å². The normalized spacial score (nSPS) is 17.2. The number of aliphatic hydroxyl groups excluding tert-OH is 1. The smallest absolute Gasteiger partial charge is 0.208 e. The van der Waals surface area contributed by atoms with Crippen LogP contribution in [0.15, 0.2) is 22.9 Å². The highest BCUT2D eigenvalue weighted by Gasteiger charge is 2.24. The van der Waals surface area contributed by atoms with E-state index in [2.05, 4.69) is 34.9 Å². The maximum atomic E-state index is 9.12. The molecule has 1 aliphatic rings. The fourth-order valence-corrected chi connectivity index (χ4v) is 3.21. The molecule has 0 radical (unpaired) electrons. The first-order valence-electron chi connectivity index (χ1n) is 8.47. The molecule has 1 N–H and O–H groups in total. The highest BCUT2D eigenvalue weighted by molar-refractivity contribution is 5.09. The predicted octanol–water partition coefficient (Wildman–Crippen LogP) is 2.37. The maximum Gasteiger partial charge on any atom is 0.208 e. The Morgan fingerprint density at radius 2 is 2.13 bits per heavy atom. The number of aromatic nitrogens is 3. The van der Waals surface area contributed by atoms with Crippen LogP contribution in [0.1, 0.15) is 55.9 Å². The molecule has 6 heteroatoms. The topological polar surface area (TPSA) is 67.3 Å². The van der Waals surface area contributed by atoms with Gasteiger partial charge >= 0.3 is 0 Å². The molecule has 2 aromatic heterocycles. The summed E-state index contributed by atoms with van der Waals surface area (Å²) in [6.07, 6.45) is 5.89. The largest absolute Gasteiger partial charge is 0.444 e. The van der Waals surface area contributed by atoms with Crippen molar-refractivity contribution in [3.05, 3.63) is 35.8 Å². The van der Waals surface area contributed by atoms with Gasteiger partial charge in [0.25, 0.3) is 0 Å². The van der Waals surface area contributed by atoms with Crippen LogP contribution < -0.4 is 0 Å². The first kappa shape index (κ1) is 16.2. The van der Waals surface area contributed by atoms with Gasteiger partial charge in [-0.05, 0) is 32.0 Å². The molecule has 3 rings (SSSR count). The van der Waals surface area contributed by atoms with E-state index in [4.69, 9.17) is 9.52 Å². The van der Waals surface area contributed by atoms with Crippen LogP contribution in [-0.2, 0) is 13.1 Å².